The van der Waals surface area contributed by atoms with Crippen molar-refractivity contribution >= 4 is 46.1 Å². The molecule has 10 nitrogen and oxygen atoms in total. The lowest BCUT2D eigenvalue weighted by atomic mass is 10.1. The molecule has 1 aromatic carbocycles. The number of aromatic nitrogens is 4. The summed E-state index contributed by atoms with van der Waals surface area (Å²) in [5.74, 6) is 1.12. The smallest absolute Gasteiger partial charge is 0.227 e. The zero-order valence-corrected chi connectivity index (χ0v) is 21.5. The van der Waals surface area contributed by atoms with E-state index >= 15 is 0 Å². The van der Waals surface area contributed by atoms with Gasteiger partial charge in [-0.3, -0.25) is 9.59 Å². The van der Waals surface area contributed by atoms with E-state index in [0.717, 1.165) is 46.5 Å². The maximum atomic E-state index is 12.8. The number of hydrogen-bond donors (Lipinski definition) is 1. The number of piperidine rings is 1. The number of carbonyl (C=O) groups excluding carboxylic acids is 2. The van der Waals surface area contributed by atoms with Gasteiger partial charge in [-0.1, -0.05) is 11.8 Å². The molecular weight excluding hydrogens is 478 g/mol. The van der Waals surface area contributed by atoms with Gasteiger partial charge in [0.15, 0.2) is 10.8 Å². The van der Waals surface area contributed by atoms with Crippen LogP contribution in [0.3, 0.4) is 0 Å². The fourth-order valence-corrected chi connectivity index (χ4v) is 5.20. The van der Waals surface area contributed by atoms with Crippen molar-refractivity contribution in [1.29, 1.82) is 0 Å². The van der Waals surface area contributed by atoms with Crippen LogP contribution in [0.25, 0.3) is 11.0 Å². The predicted molar refractivity (Wildman–Crippen MR) is 140 cm³/mol. The van der Waals surface area contributed by atoms with Crippen molar-refractivity contribution in [3.8, 4) is 5.75 Å². The topological polar surface area (TPSA) is 105 Å². The number of nitrogens with zero attached hydrogens (tertiary/aromatic N) is 6. The molecule has 1 N–H and O–H groups in total. The molecule has 1 atom stereocenters. The number of fused-ring (bicyclic) bond motifs is 1. The van der Waals surface area contributed by atoms with Gasteiger partial charge in [-0.2, -0.15) is 5.10 Å². The Balaban J connectivity index is 1.22. The van der Waals surface area contributed by atoms with E-state index in [1.54, 1.807) is 12.0 Å². The molecule has 0 spiro atoms. The standard InChI is InChI=1S/C25H31N7O3S/c1-35-19-8-6-18(7-9-19)31-16-17(14-21(31)33)24(34)26-10-13-32-23-20(15-27-32)22(28-25(29-23)36-2)30-11-4-3-5-12-30/h6-9,15,17H,3-5,10-14,16H2,1-2H3,(H,26,34). The van der Waals surface area contributed by atoms with Crippen LogP contribution >= 0.6 is 11.8 Å². The van der Waals surface area contributed by atoms with Gasteiger partial charge in [-0.25, -0.2) is 14.6 Å². The van der Waals surface area contributed by atoms with E-state index < -0.39 is 0 Å². The number of hydrogen-bond acceptors (Lipinski definition) is 8. The summed E-state index contributed by atoms with van der Waals surface area (Å²) < 4.78 is 7.01. The molecule has 0 radical (unpaired) electrons. The van der Waals surface area contributed by atoms with E-state index in [4.69, 9.17) is 14.7 Å². The van der Waals surface area contributed by atoms with Crippen LogP contribution in [0.1, 0.15) is 25.7 Å². The van der Waals surface area contributed by atoms with Gasteiger partial charge >= 0.3 is 0 Å². The van der Waals surface area contributed by atoms with Crippen LogP contribution < -0.4 is 19.9 Å². The third kappa shape index (κ3) is 4.97. The van der Waals surface area contributed by atoms with E-state index in [-0.39, 0.29) is 24.2 Å². The van der Waals surface area contributed by atoms with Crippen LogP contribution in [0.15, 0.2) is 35.6 Å². The molecule has 2 aliphatic rings. The minimum atomic E-state index is -0.384. The van der Waals surface area contributed by atoms with Gasteiger partial charge < -0.3 is 19.9 Å². The van der Waals surface area contributed by atoms with Crippen molar-refractivity contribution in [3.63, 3.8) is 0 Å². The van der Waals surface area contributed by atoms with E-state index in [1.165, 1.54) is 31.0 Å². The van der Waals surface area contributed by atoms with E-state index in [2.05, 4.69) is 15.3 Å². The number of nitrogens with one attached hydrogen (secondary N) is 1. The van der Waals surface area contributed by atoms with Crippen LogP contribution in [0.4, 0.5) is 11.5 Å². The normalized spacial score (nSPS) is 18.2. The molecule has 0 bridgehead atoms. The molecular formula is C25H31N7O3S. The number of ether oxygens (including phenoxy) is 1. The lowest BCUT2D eigenvalue weighted by Crippen LogP contribution is -2.35. The van der Waals surface area contributed by atoms with Gasteiger partial charge in [-0.05, 0) is 49.8 Å². The minimum Gasteiger partial charge on any atom is -0.497 e. The van der Waals surface area contributed by atoms with Crippen LogP contribution in [0.5, 0.6) is 5.75 Å². The fraction of sp³-hybridized carbons (Fsp3) is 0.480. The van der Waals surface area contributed by atoms with Crippen molar-refractivity contribution in [2.75, 3.05) is 49.3 Å². The van der Waals surface area contributed by atoms with Gasteiger partial charge in [0, 0.05) is 38.3 Å². The Morgan fingerprint density at radius 2 is 1.94 bits per heavy atom. The molecule has 2 aliphatic heterocycles. The third-order valence-corrected chi connectivity index (χ3v) is 7.34. The number of benzene rings is 1. The largest absolute Gasteiger partial charge is 0.497 e. The number of amides is 2. The summed E-state index contributed by atoms with van der Waals surface area (Å²) in [4.78, 5) is 38.9. The molecule has 1 unspecified atom stereocenters. The quantitative estimate of drug-likeness (QED) is 0.365. The fourth-order valence-electron chi connectivity index (χ4n) is 4.85. The van der Waals surface area contributed by atoms with Gasteiger partial charge in [0.2, 0.25) is 11.8 Å². The Morgan fingerprint density at radius 1 is 1.17 bits per heavy atom. The van der Waals surface area contributed by atoms with Gasteiger partial charge in [0.05, 0.1) is 31.2 Å². The molecule has 190 valence electrons. The highest BCUT2D eigenvalue weighted by Crippen LogP contribution is 2.29. The van der Waals surface area contributed by atoms with E-state index in [0.29, 0.717) is 19.6 Å². The molecule has 2 saturated heterocycles. The highest BCUT2D eigenvalue weighted by molar-refractivity contribution is 7.98. The summed E-state index contributed by atoms with van der Waals surface area (Å²) in [5, 5.41) is 9.20. The summed E-state index contributed by atoms with van der Waals surface area (Å²) in [6.45, 7) is 3.25. The first-order valence-electron chi connectivity index (χ1n) is 12.3. The van der Waals surface area contributed by atoms with Crippen molar-refractivity contribution < 1.29 is 14.3 Å². The van der Waals surface area contributed by atoms with Crippen LogP contribution in [-0.4, -0.2) is 71.1 Å². The van der Waals surface area contributed by atoms with Crippen molar-refractivity contribution in [2.45, 2.75) is 37.4 Å². The summed E-state index contributed by atoms with van der Waals surface area (Å²) in [6, 6.07) is 7.30. The molecule has 4 heterocycles. The molecule has 3 aromatic rings. The average molecular weight is 510 g/mol. The third-order valence-electron chi connectivity index (χ3n) is 6.80. The number of carbonyl (C=O) groups is 2. The maximum Gasteiger partial charge on any atom is 0.227 e. The number of methoxy groups -OCH3 is 1. The van der Waals surface area contributed by atoms with E-state index in [9.17, 15) is 9.59 Å². The molecule has 2 aromatic heterocycles. The van der Waals surface area contributed by atoms with Crippen LogP contribution in [-0.2, 0) is 16.1 Å². The molecule has 2 amide bonds. The van der Waals surface area contributed by atoms with Crippen LogP contribution in [0.2, 0.25) is 0 Å². The second-order valence-electron chi connectivity index (χ2n) is 9.08. The average Bonchev–Trinajstić information content (AvgIpc) is 3.52. The first-order chi connectivity index (χ1) is 17.6. The Labute approximate surface area is 214 Å². The predicted octanol–water partition coefficient (Wildman–Crippen LogP) is 2.72. The highest BCUT2D eigenvalue weighted by atomic mass is 32.2. The molecule has 0 aliphatic carbocycles. The van der Waals surface area contributed by atoms with Crippen LogP contribution in [0, 0.1) is 5.92 Å². The first-order valence-corrected chi connectivity index (χ1v) is 13.5. The highest BCUT2D eigenvalue weighted by Gasteiger charge is 2.35. The summed E-state index contributed by atoms with van der Waals surface area (Å²) in [6.07, 6.45) is 7.59. The Bertz CT molecular complexity index is 1240. The van der Waals surface area contributed by atoms with Crippen molar-refractivity contribution in [3.05, 3.63) is 30.5 Å². The number of rotatable bonds is 8. The Kier molecular flexibility index (Phi) is 7.26. The number of thioether (sulfide) groups is 1. The van der Waals surface area contributed by atoms with Crippen molar-refractivity contribution in [2.24, 2.45) is 5.92 Å². The SMILES string of the molecule is COc1ccc(N2CC(C(=O)NCCn3ncc4c(N5CCCCC5)nc(SC)nc43)CC2=O)cc1. The first kappa shape index (κ1) is 24.4. The molecule has 11 heteroatoms. The molecule has 2 fully saturated rings. The maximum absolute atomic E-state index is 12.8. The summed E-state index contributed by atoms with van der Waals surface area (Å²) in [7, 11) is 1.60. The summed E-state index contributed by atoms with van der Waals surface area (Å²) in [5.41, 5.74) is 1.55. The van der Waals surface area contributed by atoms with Gasteiger partial charge in [-0.15, -0.1) is 0 Å². The molecule has 36 heavy (non-hydrogen) atoms. The zero-order valence-electron chi connectivity index (χ0n) is 20.6. The minimum absolute atomic E-state index is 0.0510. The summed E-state index contributed by atoms with van der Waals surface area (Å²) >= 11 is 1.52. The molecule has 0 saturated carbocycles. The zero-order chi connectivity index (χ0) is 25.1. The second kappa shape index (κ2) is 10.7. The number of anilines is 2. The van der Waals surface area contributed by atoms with Gasteiger partial charge in [0.25, 0.3) is 0 Å². The van der Waals surface area contributed by atoms with E-state index in [1.807, 2.05) is 41.4 Å². The van der Waals surface area contributed by atoms with Gasteiger partial charge in [0.1, 0.15) is 11.6 Å². The lowest BCUT2D eigenvalue weighted by molar-refractivity contribution is -0.126. The van der Waals surface area contributed by atoms with Crippen molar-refractivity contribution in [1.82, 2.24) is 25.1 Å². The lowest BCUT2D eigenvalue weighted by Gasteiger charge is -2.28. The monoisotopic (exact) mass is 509 g/mol. The molecule has 5 rings (SSSR count). The Morgan fingerprint density at radius 3 is 2.67 bits per heavy atom. The second-order valence-corrected chi connectivity index (χ2v) is 9.85. The Hall–Kier alpha value is -3.34.